The van der Waals surface area contributed by atoms with Crippen molar-refractivity contribution in [2.45, 2.75) is 71.1 Å². The van der Waals surface area contributed by atoms with E-state index in [0.717, 1.165) is 12.8 Å². The Labute approximate surface area is 201 Å². The zero-order chi connectivity index (χ0) is 24.4. The average molecular weight is 463 g/mol. The van der Waals surface area contributed by atoms with Gasteiger partial charge in [0.25, 0.3) is 0 Å². The predicted molar refractivity (Wildman–Crippen MR) is 130 cm³/mol. The molecule has 1 aliphatic carbocycles. The maximum atomic E-state index is 14.1. The van der Waals surface area contributed by atoms with Gasteiger partial charge in [-0.15, -0.1) is 0 Å². The zero-order valence-corrected chi connectivity index (χ0v) is 20.3. The maximum absolute atomic E-state index is 14.1. The molecular weight excluding hydrogens is 428 g/mol. The van der Waals surface area contributed by atoms with Gasteiger partial charge in [0.1, 0.15) is 18.1 Å². The van der Waals surface area contributed by atoms with Crippen LogP contribution in [0.4, 0.5) is 0 Å². The monoisotopic (exact) mass is 462 g/mol. The molecule has 7 heteroatoms. The van der Waals surface area contributed by atoms with E-state index in [4.69, 9.17) is 0 Å². The molecule has 2 aliphatic rings. The number of nitrogens with one attached hydrogen (secondary N) is 2. The van der Waals surface area contributed by atoms with Crippen LogP contribution in [0.2, 0.25) is 0 Å². The van der Waals surface area contributed by atoms with Crippen LogP contribution in [0.15, 0.2) is 48.8 Å². The minimum absolute atomic E-state index is 0.0393. The molecule has 2 N–H and O–H groups in total. The predicted octanol–water partition coefficient (Wildman–Crippen LogP) is 2.80. The Balaban J connectivity index is 1.73. The number of pyridine rings is 1. The molecule has 1 aromatic heterocycles. The van der Waals surface area contributed by atoms with Crippen LogP contribution < -0.4 is 10.6 Å². The summed E-state index contributed by atoms with van der Waals surface area (Å²) in [6, 6.07) is 9.27. The van der Waals surface area contributed by atoms with E-state index in [-0.39, 0.29) is 35.6 Å². The summed E-state index contributed by atoms with van der Waals surface area (Å²) in [6.07, 6.45) is 5.16. The van der Waals surface area contributed by atoms with Crippen molar-refractivity contribution < 1.29 is 14.4 Å². The lowest BCUT2D eigenvalue weighted by Crippen LogP contribution is -2.67. The van der Waals surface area contributed by atoms with Crippen LogP contribution in [0.25, 0.3) is 0 Å². The van der Waals surface area contributed by atoms with Crippen LogP contribution in [0.5, 0.6) is 0 Å². The van der Waals surface area contributed by atoms with Gasteiger partial charge in [-0.05, 0) is 73.8 Å². The largest absolute Gasteiger partial charge is 0.352 e. The van der Waals surface area contributed by atoms with Gasteiger partial charge in [0.05, 0.1) is 0 Å². The average Bonchev–Trinajstić information content (AvgIpc) is 3.22. The first kappa shape index (κ1) is 23.9. The molecule has 180 valence electrons. The molecule has 4 rings (SSSR count). The highest BCUT2D eigenvalue weighted by atomic mass is 16.2. The zero-order valence-electron chi connectivity index (χ0n) is 20.3. The number of rotatable bonds is 7. The second-order valence-corrected chi connectivity index (χ2v) is 10.2. The number of nitrogens with zero attached hydrogens (tertiary/aromatic N) is 2. The van der Waals surface area contributed by atoms with Gasteiger partial charge in [-0.2, -0.15) is 0 Å². The summed E-state index contributed by atoms with van der Waals surface area (Å²) in [5.41, 5.74) is 3.08. The molecule has 1 aliphatic heterocycles. The maximum Gasteiger partial charge on any atom is 0.247 e. The molecule has 0 bridgehead atoms. The molecule has 1 unspecified atom stereocenters. The van der Waals surface area contributed by atoms with Crippen LogP contribution in [0.1, 0.15) is 56.8 Å². The third-order valence-corrected chi connectivity index (χ3v) is 6.68. The highest BCUT2D eigenvalue weighted by molar-refractivity contribution is 6.00. The van der Waals surface area contributed by atoms with Crippen molar-refractivity contribution in [1.82, 2.24) is 20.5 Å². The lowest BCUT2D eigenvalue weighted by molar-refractivity contribution is -0.158. The van der Waals surface area contributed by atoms with Gasteiger partial charge in [0.15, 0.2) is 0 Å². The summed E-state index contributed by atoms with van der Waals surface area (Å²) in [4.78, 5) is 46.7. The lowest BCUT2D eigenvalue weighted by Gasteiger charge is -2.45. The van der Waals surface area contributed by atoms with Crippen LogP contribution in [-0.4, -0.2) is 45.7 Å². The van der Waals surface area contributed by atoms with Crippen molar-refractivity contribution in [3.05, 3.63) is 65.5 Å². The minimum Gasteiger partial charge on any atom is -0.352 e. The Bertz CT molecular complexity index is 1030. The highest BCUT2D eigenvalue weighted by Crippen LogP contribution is 2.35. The van der Waals surface area contributed by atoms with E-state index in [2.05, 4.69) is 27.8 Å². The van der Waals surface area contributed by atoms with Crippen LogP contribution in [-0.2, 0) is 27.2 Å². The summed E-state index contributed by atoms with van der Waals surface area (Å²) in [7, 11) is 0. The fourth-order valence-electron chi connectivity index (χ4n) is 5.22. The van der Waals surface area contributed by atoms with Crippen molar-refractivity contribution in [1.29, 1.82) is 0 Å². The summed E-state index contributed by atoms with van der Waals surface area (Å²) >= 11 is 0. The first-order valence-corrected chi connectivity index (χ1v) is 12.2. The molecule has 1 aromatic carbocycles. The summed E-state index contributed by atoms with van der Waals surface area (Å²) in [5.74, 6) is -0.534. The van der Waals surface area contributed by atoms with E-state index in [9.17, 15) is 14.4 Å². The summed E-state index contributed by atoms with van der Waals surface area (Å²) in [6.45, 7) is 7.81. The smallest absolute Gasteiger partial charge is 0.247 e. The van der Waals surface area contributed by atoms with Gasteiger partial charge in [-0.1, -0.05) is 38.1 Å². The van der Waals surface area contributed by atoms with E-state index in [1.807, 2.05) is 39.8 Å². The first-order valence-electron chi connectivity index (χ1n) is 12.2. The summed E-state index contributed by atoms with van der Waals surface area (Å²) in [5, 5.41) is 6.00. The highest BCUT2D eigenvalue weighted by Gasteiger charge is 2.49. The first-order chi connectivity index (χ1) is 16.3. The molecule has 0 spiro atoms. The number of hydrogen-bond acceptors (Lipinski definition) is 4. The van der Waals surface area contributed by atoms with Crippen LogP contribution in [0.3, 0.4) is 0 Å². The number of hydrogen-bond donors (Lipinski definition) is 2. The fourth-order valence-corrected chi connectivity index (χ4v) is 5.22. The van der Waals surface area contributed by atoms with Crippen LogP contribution >= 0.6 is 0 Å². The molecular formula is C27H34N4O3. The Morgan fingerprint density at radius 2 is 1.68 bits per heavy atom. The van der Waals surface area contributed by atoms with Crippen molar-refractivity contribution in [3.8, 4) is 0 Å². The van der Waals surface area contributed by atoms with Crippen molar-refractivity contribution in [3.63, 3.8) is 0 Å². The normalized spacial score (nSPS) is 21.5. The SMILES string of the molecule is CC(C)C[C@@H]1C(=O)N[C@H](C2Cc3ccccc3C2)C(=O)N1C(C(=O)NC(C)C)c1ccncc1. The van der Waals surface area contributed by atoms with Gasteiger partial charge >= 0.3 is 0 Å². The molecule has 1 saturated heterocycles. The molecule has 3 amide bonds. The number of fused-ring (bicyclic) bond motifs is 1. The number of piperazine rings is 1. The van der Waals surface area contributed by atoms with E-state index in [1.54, 1.807) is 29.4 Å². The van der Waals surface area contributed by atoms with E-state index >= 15 is 0 Å². The van der Waals surface area contributed by atoms with Gasteiger partial charge in [0, 0.05) is 18.4 Å². The third kappa shape index (κ3) is 4.83. The third-order valence-electron chi connectivity index (χ3n) is 6.68. The molecule has 34 heavy (non-hydrogen) atoms. The Kier molecular flexibility index (Phi) is 7.00. The Morgan fingerprint density at radius 3 is 2.24 bits per heavy atom. The molecule has 3 atom stereocenters. The van der Waals surface area contributed by atoms with E-state index in [1.165, 1.54) is 11.1 Å². The quantitative estimate of drug-likeness (QED) is 0.662. The number of carbonyl (C=O) groups excluding carboxylic acids is 3. The lowest BCUT2D eigenvalue weighted by atomic mass is 9.88. The van der Waals surface area contributed by atoms with Gasteiger partial charge < -0.3 is 15.5 Å². The van der Waals surface area contributed by atoms with E-state index in [0.29, 0.717) is 12.0 Å². The van der Waals surface area contributed by atoms with Crippen molar-refractivity contribution in [2.24, 2.45) is 11.8 Å². The molecule has 7 nitrogen and oxygen atoms in total. The second-order valence-electron chi connectivity index (χ2n) is 10.2. The molecule has 1 fully saturated rings. The molecule has 0 saturated carbocycles. The number of aromatic nitrogens is 1. The standard InChI is InChI=1S/C27H34N4O3/c1-16(2)13-22-25(32)30-23(21-14-19-7-5-6-8-20(19)15-21)27(34)31(22)24(26(33)29-17(3)4)18-9-11-28-12-10-18/h5-12,16-17,21-24H,13-15H2,1-4H3,(H,29,33)(H,30,32)/t22-,23-,24?/m1/s1. The molecule has 2 heterocycles. The van der Waals surface area contributed by atoms with E-state index < -0.39 is 18.1 Å². The van der Waals surface area contributed by atoms with Crippen molar-refractivity contribution >= 4 is 17.7 Å². The van der Waals surface area contributed by atoms with Crippen LogP contribution in [0, 0.1) is 11.8 Å². The van der Waals surface area contributed by atoms with Gasteiger partial charge in [-0.3, -0.25) is 19.4 Å². The Hall–Kier alpha value is -3.22. The topological polar surface area (TPSA) is 91.4 Å². The number of benzene rings is 1. The van der Waals surface area contributed by atoms with Crippen molar-refractivity contribution in [2.75, 3.05) is 0 Å². The number of carbonyl (C=O) groups is 3. The summed E-state index contributed by atoms with van der Waals surface area (Å²) < 4.78 is 0. The fraction of sp³-hybridized carbons (Fsp3) is 0.481. The second kappa shape index (κ2) is 9.95. The minimum atomic E-state index is -0.904. The molecule has 0 radical (unpaired) electrons. The Morgan fingerprint density at radius 1 is 1.06 bits per heavy atom. The van der Waals surface area contributed by atoms with Gasteiger partial charge in [0.2, 0.25) is 17.7 Å². The number of amides is 3. The van der Waals surface area contributed by atoms with Gasteiger partial charge in [-0.25, -0.2) is 0 Å². The molecule has 2 aromatic rings.